The van der Waals surface area contributed by atoms with Crippen LogP contribution >= 0.6 is 0 Å². The molecule has 0 bridgehead atoms. The number of carbonyl (C=O) groups excluding carboxylic acids is 1. The lowest BCUT2D eigenvalue weighted by atomic mass is 9.60. The molecule has 1 heterocycles. The minimum absolute atomic E-state index is 0.0175. The number of aliphatic hydroxyl groups is 2. The maximum atomic E-state index is 12.2. The van der Waals surface area contributed by atoms with Crippen molar-refractivity contribution in [3.8, 4) is 0 Å². The van der Waals surface area contributed by atoms with E-state index in [9.17, 15) is 15.0 Å². The van der Waals surface area contributed by atoms with Gasteiger partial charge in [-0.2, -0.15) is 0 Å². The van der Waals surface area contributed by atoms with Gasteiger partial charge in [-0.3, -0.25) is 0 Å². The lowest BCUT2D eigenvalue weighted by Gasteiger charge is -2.44. The Kier molecular flexibility index (Phi) is 7.59. The zero-order valence-electron chi connectivity index (χ0n) is 21.4. The predicted octanol–water partition coefficient (Wildman–Crippen LogP) is 6.05. The summed E-state index contributed by atoms with van der Waals surface area (Å²) in [6.07, 6.45) is 13.2. The van der Waals surface area contributed by atoms with Crippen molar-refractivity contribution in [3.05, 3.63) is 47.6 Å². The van der Waals surface area contributed by atoms with Crippen LogP contribution in [0.2, 0.25) is 0 Å². The van der Waals surface area contributed by atoms with Gasteiger partial charge in [-0.05, 0) is 85.7 Å². The number of allylic oxidation sites excluding steroid dienone is 3. The zero-order chi connectivity index (χ0) is 24.6. The molecule has 0 radical (unpaired) electrons. The predicted molar refractivity (Wildman–Crippen MR) is 136 cm³/mol. The van der Waals surface area contributed by atoms with Crippen LogP contribution in [0.25, 0.3) is 0 Å². The summed E-state index contributed by atoms with van der Waals surface area (Å²) in [5.41, 5.74) is 4.20. The maximum absolute atomic E-state index is 12.2. The van der Waals surface area contributed by atoms with Crippen molar-refractivity contribution in [3.63, 3.8) is 0 Å². The van der Waals surface area contributed by atoms with Crippen LogP contribution in [0.5, 0.6) is 0 Å². The fourth-order valence-corrected chi connectivity index (χ4v) is 7.76. The molecule has 4 nitrogen and oxygen atoms in total. The van der Waals surface area contributed by atoms with Gasteiger partial charge in [0, 0.05) is 17.9 Å². The Hall–Kier alpha value is -1.65. The van der Waals surface area contributed by atoms with Crippen molar-refractivity contribution >= 4 is 5.97 Å². The van der Waals surface area contributed by atoms with Crippen LogP contribution < -0.4 is 0 Å². The summed E-state index contributed by atoms with van der Waals surface area (Å²) in [7, 11) is 0. The molecule has 0 spiro atoms. The van der Waals surface area contributed by atoms with E-state index < -0.39 is 12.2 Å². The van der Waals surface area contributed by atoms with E-state index in [1.165, 1.54) is 31.3 Å². The minimum Gasteiger partial charge on any atom is -0.458 e. The number of aliphatic hydroxyl groups excluding tert-OH is 2. The maximum Gasteiger partial charge on any atom is 0.334 e. The first kappa shape index (κ1) is 25.4. The molecule has 8 atom stereocenters. The SMILES string of the molecule is C=C1/C(=C\C=C2/CCC[C@]3(C)[C@@H]([C@H](C)C[C@@H]4OC(=O)C(=C)[C@@H]4CCC)CC[C@@H]23)C[C@@H](O)C[C@@H]1O. The second-order valence-electron chi connectivity index (χ2n) is 11.7. The van der Waals surface area contributed by atoms with Gasteiger partial charge in [0.2, 0.25) is 0 Å². The Balaban J connectivity index is 1.48. The highest BCUT2D eigenvalue weighted by molar-refractivity contribution is 5.90. The summed E-state index contributed by atoms with van der Waals surface area (Å²) in [4.78, 5) is 12.2. The fraction of sp³-hybridized carbons (Fsp3) is 0.700. The number of ether oxygens (including phenoxy) is 1. The van der Waals surface area contributed by atoms with E-state index in [4.69, 9.17) is 4.74 Å². The van der Waals surface area contributed by atoms with E-state index in [-0.39, 0.29) is 23.4 Å². The Morgan fingerprint density at radius 3 is 2.71 bits per heavy atom. The lowest BCUT2D eigenvalue weighted by molar-refractivity contribution is -0.140. The molecule has 2 N–H and O–H groups in total. The second kappa shape index (κ2) is 10.1. The van der Waals surface area contributed by atoms with Crippen molar-refractivity contribution in [2.75, 3.05) is 0 Å². The van der Waals surface area contributed by atoms with E-state index in [0.29, 0.717) is 36.2 Å². The summed E-state index contributed by atoms with van der Waals surface area (Å²) >= 11 is 0. The molecule has 0 aromatic carbocycles. The molecule has 0 aromatic heterocycles. The molecule has 3 aliphatic carbocycles. The Morgan fingerprint density at radius 2 is 1.97 bits per heavy atom. The van der Waals surface area contributed by atoms with Crippen molar-refractivity contribution in [1.29, 1.82) is 0 Å². The van der Waals surface area contributed by atoms with Gasteiger partial charge in [0.05, 0.1) is 12.2 Å². The molecule has 4 rings (SSSR count). The molecular formula is C30H44O4. The van der Waals surface area contributed by atoms with Crippen LogP contribution in [0.15, 0.2) is 47.6 Å². The first-order valence-electron chi connectivity index (χ1n) is 13.5. The van der Waals surface area contributed by atoms with Gasteiger partial charge in [-0.1, -0.05) is 58.1 Å². The molecule has 4 heteroatoms. The summed E-state index contributed by atoms with van der Waals surface area (Å²) in [5.74, 6) is 1.68. The molecule has 0 amide bonds. The standard InChI is InChI=1S/C30H44O4/c1-6-8-24-20(4)29(33)34-28(24)15-18(2)25-12-13-26-21(9-7-14-30(25,26)5)10-11-22-16-23(31)17-27(32)19(22)3/h10-11,18,23-28,31-32H,3-4,6-9,12-17H2,1-2,5H3/b21-10+,22-11-/t18-,23-,24+,25-,26+,27+,28+,30-/m1/s1. The van der Waals surface area contributed by atoms with Crippen LogP contribution in [0, 0.1) is 29.1 Å². The van der Waals surface area contributed by atoms with Crippen LogP contribution in [-0.4, -0.2) is 34.5 Å². The number of cyclic esters (lactones) is 1. The van der Waals surface area contributed by atoms with Crippen molar-refractivity contribution in [1.82, 2.24) is 0 Å². The highest BCUT2D eigenvalue weighted by Gasteiger charge is 2.51. The summed E-state index contributed by atoms with van der Waals surface area (Å²) in [6, 6.07) is 0. The average Bonchev–Trinajstić information content (AvgIpc) is 3.27. The Morgan fingerprint density at radius 1 is 1.21 bits per heavy atom. The highest BCUT2D eigenvalue weighted by atomic mass is 16.6. The number of fused-ring (bicyclic) bond motifs is 1. The lowest BCUT2D eigenvalue weighted by Crippen LogP contribution is -2.37. The van der Waals surface area contributed by atoms with E-state index in [2.05, 4.69) is 46.1 Å². The number of carbonyl (C=O) groups is 1. The first-order valence-corrected chi connectivity index (χ1v) is 13.5. The quantitative estimate of drug-likeness (QED) is 0.368. The third-order valence-corrected chi connectivity index (χ3v) is 9.61. The van der Waals surface area contributed by atoms with E-state index in [0.717, 1.165) is 36.8 Å². The molecule has 1 saturated heterocycles. The summed E-state index contributed by atoms with van der Waals surface area (Å²) in [5, 5.41) is 20.3. The largest absolute Gasteiger partial charge is 0.458 e. The number of hydrogen-bond acceptors (Lipinski definition) is 4. The number of rotatable bonds is 6. The Labute approximate surface area is 205 Å². The Bertz CT molecular complexity index is 882. The van der Waals surface area contributed by atoms with Crippen LogP contribution in [-0.2, 0) is 9.53 Å². The van der Waals surface area contributed by atoms with E-state index in [1.807, 2.05) is 0 Å². The van der Waals surface area contributed by atoms with Crippen molar-refractivity contribution in [2.45, 2.75) is 103 Å². The number of esters is 1. The first-order chi connectivity index (χ1) is 16.2. The normalized spacial score (nSPS) is 41.7. The average molecular weight is 469 g/mol. The van der Waals surface area contributed by atoms with Crippen LogP contribution in [0.3, 0.4) is 0 Å². The zero-order valence-corrected chi connectivity index (χ0v) is 21.4. The van der Waals surface area contributed by atoms with Gasteiger partial charge in [0.15, 0.2) is 0 Å². The molecule has 3 saturated carbocycles. The smallest absolute Gasteiger partial charge is 0.334 e. The molecule has 34 heavy (non-hydrogen) atoms. The van der Waals surface area contributed by atoms with Gasteiger partial charge in [0.25, 0.3) is 0 Å². The van der Waals surface area contributed by atoms with Crippen molar-refractivity contribution < 1.29 is 19.7 Å². The second-order valence-corrected chi connectivity index (χ2v) is 11.7. The van der Waals surface area contributed by atoms with Crippen LogP contribution in [0.1, 0.15) is 85.0 Å². The van der Waals surface area contributed by atoms with Gasteiger partial charge >= 0.3 is 5.97 Å². The van der Waals surface area contributed by atoms with Crippen LogP contribution in [0.4, 0.5) is 0 Å². The van der Waals surface area contributed by atoms with E-state index in [1.54, 1.807) is 0 Å². The molecule has 4 aliphatic rings. The molecule has 0 unspecified atom stereocenters. The third-order valence-electron chi connectivity index (χ3n) is 9.61. The summed E-state index contributed by atoms with van der Waals surface area (Å²) in [6.45, 7) is 15.1. The monoisotopic (exact) mass is 468 g/mol. The number of hydrogen-bond donors (Lipinski definition) is 2. The van der Waals surface area contributed by atoms with E-state index >= 15 is 0 Å². The fourth-order valence-electron chi connectivity index (χ4n) is 7.76. The molecule has 1 aliphatic heterocycles. The van der Waals surface area contributed by atoms with Gasteiger partial charge in [-0.15, -0.1) is 0 Å². The third kappa shape index (κ3) is 4.73. The summed E-state index contributed by atoms with van der Waals surface area (Å²) < 4.78 is 5.79. The van der Waals surface area contributed by atoms with Gasteiger partial charge < -0.3 is 14.9 Å². The van der Waals surface area contributed by atoms with Gasteiger partial charge in [-0.25, -0.2) is 4.79 Å². The van der Waals surface area contributed by atoms with Gasteiger partial charge in [0.1, 0.15) is 6.10 Å². The molecular weight excluding hydrogens is 424 g/mol. The molecule has 4 fully saturated rings. The highest BCUT2D eigenvalue weighted by Crippen LogP contribution is 2.60. The topological polar surface area (TPSA) is 66.8 Å². The minimum atomic E-state index is -0.640. The molecule has 0 aromatic rings. The van der Waals surface area contributed by atoms with Crippen molar-refractivity contribution in [2.24, 2.45) is 29.1 Å². The molecule has 188 valence electrons.